The molecular formula is C3H3O6Tm. The van der Waals surface area contributed by atoms with Gasteiger partial charge in [-0.15, -0.1) is 0 Å². The van der Waals surface area contributed by atoms with E-state index in [4.69, 9.17) is 29.7 Å². The summed E-state index contributed by atoms with van der Waals surface area (Å²) < 4.78 is 0. The number of hydrogen-bond acceptors (Lipinski definition) is 6. The molecule has 10 heavy (non-hydrogen) atoms. The Morgan fingerprint density at radius 3 is 0.700 bits per heavy atom. The van der Waals surface area contributed by atoms with Gasteiger partial charge >= 0.3 is 36.9 Å². The van der Waals surface area contributed by atoms with Crippen LogP contribution < -0.4 is 15.3 Å². The summed E-state index contributed by atoms with van der Waals surface area (Å²) in [5, 5.41) is 24.8. The van der Waals surface area contributed by atoms with Crippen LogP contribution >= 0.6 is 0 Å². The number of carbonyl (C=O) groups excluding carboxylic acids is 3. The van der Waals surface area contributed by atoms with E-state index in [0.717, 1.165) is 0 Å². The van der Waals surface area contributed by atoms with Crippen molar-refractivity contribution in [3.8, 4) is 0 Å². The summed E-state index contributed by atoms with van der Waals surface area (Å²) >= 11 is 0. The molecule has 0 aromatic carbocycles. The number of hydrogen-bond donors (Lipinski definition) is 0. The molecule has 0 atom stereocenters. The van der Waals surface area contributed by atoms with Gasteiger partial charge in [-0.2, -0.15) is 0 Å². The minimum absolute atomic E-state index is 0. The fraction of sp³-hybridized carbons (Fsp3) is 0. The van der Waals surface area contributed by atoms with Gasteiger partial charge < -0.3 is 29.7 Å². The van der Waals surface area contributed by atoms with Gasteiger partial charge in [0.15, 0.2) is 0 Å². The summed E-state index contributed by atoms with van der Waals surface area (Å²) in [6.45, 7) is -1.50. The molecule has 0 saturated heterocycles. The Kier molecular flexibility index (Phi) is 163. The first-order chi connectivity index (χ1) is 4.24. The van der Waals surface area contributed by atoms with E-state index >= 15 is 0 Å². The molecule has 0 fully saturated rings. The summed E-state index contributed by atoms with van der Waals surface area (Å²) in [6, 6.07) is 0. The maximum atomic E-state index is 8.25. The standard InChI is InChI=1S/3CH2O2.Tm/c3*2-1-3;/h3*1H,(H,2,3);/q;;;+3/p-3. The first kappa shape index (κ1) is 22.6. The summed E-state index contributed by atoms with van der Waals surface area (Å²) in [7, 11) is 0. The molecule has 0 rings (SSSR count). The van der Waals surface area contributed by atoms with Crippen molar-refractivity contribution in [3.63, 3.8) is 0 Å². The molecule has 0 bridgehead atoms. The van der Waals surface area contributed by atoms with Crippen molar-refractivity contribution < 1.29 is 66.6 Å². The Hall–Kier alpha value is -0.356. The van der Waals surface area contributed by atoms with E-state index < -0.39 is 19.4 Å². The molecule has 6 nitrogen and oxygen atoms in total. The molecular weight excluding hydrogens is 301 g/mol. The van der Waals surface area contributed by atoms with Crippen LogP contribution in [0.1, 0.15) is 0 Å². The van der Waals surface area contributed by atoms with Crippen LogP contribution in [0.25, 0.3) is 0 Å². The maximum Gasteiger partial charge on any atom is 3.00 e. The molecule has 0 saturated carbocycles. The van der Waals surface area contributed by atoms with Crippen molar-refractivity contribution in [3.05, 3.63) is 0 Å². The molecule has 7 heteroatoms. The largest absolute Gasteiger partial charge is 3.00 e. The Morgan fingerprint density at radius 1 is 0.700 bits per heavy atom. The van der Waals surface area contributed by atoms with Gasteiger partial charge in [-0.1, -0.05) is 0 Å². The second-order valence-corrected chi connectivity index (χ2v) is 0.289. The predicted octanol–water partition coefficient (Wildman–Crippen LogP) is -4.90. The molecule has 0 amide bonds. The van der Waals surface area contributed by atoms with Crippen LogP contribution in [0.4, 0.5) is 0 Å². The van der Waals surface area contributed by atoms with E-state index in [1.54, 1.807) is 0 Å². The summed E-state index contributed by atoms with van der Waals surface area (Å²) in [4.78, 5) is 24.8. The van der Waals surface area contributed by atoms with Crippen molar-refractivity contribution in [2.75, 3.05) is 0 Å². The van der Waals surface area contributed by atoms with Crippen molar-refractivity contribution in [1.29, 1.82) is 0 Å². The SMILES string of the molecule is O=C[O-].O=C[O-].O=C[O-].[Tm+3]. The Morgan fingerprint density at radius 2 is 0.700 bits per heavy atom. The van der Waals surface area contributed by atoms with Gasteiger partial charge in [0.25, 0.3) is 0 Å². The number of carbonyl (C=O) groups is 3. The third-order valence-corrected chi connectivity index (χ3v) is 0. The molecule has 0 aliphatic carbocycles. The predicted molar refractivity (Wildman–Crippen MR) is 18.2 cm³/mol. The van der Waals surface area contributed by atoms with E-state index in [9.17, 15) is 0 Å². The van der Waals surface area contributed by atoms with Gasteiger partial charge in [-0.25, -0.2) is 0 Å². The Bertz CT molecular complexity index is 49.7. The first-order valence-corrected chi connectivity index (χ1v) is 1.41. The third-order valence-electron chi connectivity index (χ3n) is 0. The molecule has 0 aromatic rings. The molecule has 0 radical (unpaired) electrons. The molecule has 0 aromatic heterocycles. The minimum atomic E-state index is -0.500. The Balaban J connectivity index is -0.0000000257. The van der Waals surface area contributed by atoms with Gasteiger partial charge in [-0.05, 0) is 0 Å². The van der Waals surface area contributed by atoms with Crippen molar-refractivity contribution in [2.45, 2.75) is 0 Å². The molecule has 0 aliphatic rings. The number of carboxylic acid groups (broad SMARTS) is 3. The van der Waals surface area contributed by atoms with Gasteiger partial charge in [0.05, 0.1) is 0 Å². The van der Waals surface area contributed by atoms with Gasteiger partial charge in [0, 0.05) is 19.4 Å². The van der Waals surface area contributed by atoms with Crippen LogP contribution in [0.2, 0.25) is 0 Å². The van der Waals surface area contributed by atoms with Gasteiger partial charge in [-0.3, -0.25) is 0 Å². The summed E-state index contributed by atoms with van der Waals surface area (Å²) in [5.74, 6) is 0. The third kappa shape index (κ3) is 2660. The summed E-state index contributed by atoms with van der Waals surface area (Å²) in [6.07, 6.45) is 0. The van der Waals surface area contributed by atoms with Crippen molar-refractivity contribution in [2.24, 2.45) is 0 Å². The molecule has 64 valence electrons. The summed E-state index contributed by atoms with van der Waals surface area (Å²) in [5.41, 5.74) is 0. The van der Waals surface area contributed by atoms with Crippen LogP contribution in [0.15, 0.2) is 0 Å². The smallest absolute Gasteiger partial charge is 0.554 e. The van der Waals surface area contributed by atoms with E-state index in [0.29, 0.717) is 0 Å². The normalized spacial score (nSPS) is 3.60. The van der Waals surface area contributed by atoms with Crippen molar-refractivity contribution >= 4 is 19.4 Å². The topological polar surface area (TPSA) is 120 Å². The van der Waals surface area contributed by atoms with Crippen LogP contribution in [-0.4, -0.2) is 19.4 Å². The van der Waals surface area contributed by atoms with E-state index in [1.807, 2.05) is 0 Å². The molecule has 0 aliphatic heterocycles. The van der Waals surface area contributed by atoms with Gasteiger partial charge in [0.1, 0.15) is 0 Å². The Labute approximate surface area is 85.7 Å². The van der Waals surface area contributed by atoms with Crippen molar-refractivity contribution in [1.82, 2.24) is 0 Å². The van der Waals surface area contributed by atoms with E-state index in [2.05, 4.69) is 0 Å². The second kappa shape index (κ2) is 72.3. The molecule has 0 heterocycles. The van der Waals surface area contributed by atoms with Crippen LogP contribution in [0, 0.1) is 36.9 Å². The van der Waals surface area contributed by atoms with E-state index in [1.165, 1.54) is 0 Å². The zero-order valence-corrected chi connectivity index (χ0v) is 6.24. The number of rotatable bonds is 0. The fourth-order valence-corrected chi connectivity index (χ4v) is 0. The fourth-order valence-electron chi connectivity index (χ4n) is 0. The van der Waals surface area contributed by atoms with E-state index in [-0.39, 0.29) is 36.9 Å². The van der Waals surface area contributed by atoms with Crippen LogP contribution in [0.5, 0.6) is 0 Å². The van der Waals surface area contributed by atoms with Crippen LogP contribution in [0.3, 0.4) is 0 Å². The monoisotopic (exact) mass is 304 g/mol. The second-order valence-electron chi connectivity index (χ2n) is 0.289. The average molecular weight is 304 g/mol. The zero-order valence-electron chi connectivity index (χ0n) is 4.46. The first-order valence-electron chi connectivity index (χ1n) is 1.41. The average Bonchev–Trinajstić information content (AvgIpc) is 1.70. The maximum absolute atomic E-state index is 8.25. The quantitative estimate of drug-likeness (QED) is 0.414. The zero-order chi connectivity index (χ0) is 8.12. The molecule has 0 N–H and O–H groups in total. The molecule has 0 unspecified atom stereocenters. The molecule has 0 spiro atoms. The minimum Gasteiger partial charge on any atom is -0.554 e. The van der Waals surface area contributed by atoms with Gasteiger partial charge in [0.2, 0.25) is 0 Å². The van der Waals surface area contributed by atoms with Crippen LogP contribution in [-0.2, 0) is 14.4 Å².